The second-order valence-electron chi connectivity index (χ2n) is 6.01. The molecule has 0 aromatic rings. The number of methoxy groups -OCH3 is 1. The molecule has 3 heteroatoms. The van der Waals surface area contributed by atoms with E-state index in [1.54, 1.807) is 7.11 Å². The van der Waals surface area contributed by atoms with Crippen molar-refractivity contribution in [3.63, 3.8) is 0 Å². The van der Waals surface area contributed by atoms with Crippen LogP contribution in [-0.2, 0) is 9.47 Å². The van der Waals surface area contributed by atoms with Crippen molar-refractivity contribution in [2.45, 2.75) is 58.3 Å². The smallest absolute Gasteiger partial charge is 0.0805 e. The van der Waals surface area contributed by atoms with Gasteiger partial charge in [-0.05, 0) is 26.7 Å². The van der Waals surface area contributed by atoms with Crippen molar-refractivity contribution in [2.24, 2.45) is 5.92 Å². The molecular formula is C13H27NO2. The molecule has 1 N–H and O–H groups in total. The zero-order chi connectivity index (χ0) is 12.4. The topological polar surface area (TPSA) is 30.5 Å². The molecule has 1 aliphatic heterocycles. The first-order valence-corrected chi connectivity index (χ1v) is 6.23. The standard InChI is InChI=1S/C13H27NO2/c1-10(2)13(5)9-14-8-11(16-13)7-12(3,4)15-6/h10-11,14H,7-9H2,1-6H3. The molecule has 1 aliphatic rings. The van der Waals surface area contributed by atoms with Crippen molar-refractivity contribution < 1.29 is 9.47 Å². The molecule has 16 heavy (non-hydrogen) atoms. The minimum Gasteiger partial charge on any atom is -0.379 e. The van der Waals surface area contributed by atoms with E-state index >= 15 is 0 Å². The van der Waals surface area contributed by atoms with Gasteiger partial charge in [-0.15, -0.1) is 0 Å². The first-order valence-electron chi connectivity index (χ1n) is 6.23. The second kappa shape index (κ2) is 5.03. The van der Waals surface area contributed by atoms with E-state index < -0.39 is 0 Å². The van der Waals surface area contributed by atoms with Crippen LogP contribution in [0.3, 0.4) is 0 Å². The predicted molar refractivity (Wildman–Crippen MR) is 66.7 cm³/mol. The zero-order valence-electron chi connectivity index (χ0n) is 11.6. The van der Waals surface area contributed by atoms with E-state index in [-0.39, 0.29) is 17.3 Å². The Balaban J connectivity index is 2.57. The van der Waals surface area contributed by atoms with Crippen LogP contribution in [0.25, 0.3) is 0 Å². The van der Waals surface area contributed by atoms with Gasteiger partial charge in [-0.2, -0.15) is 0 Å². The Morgan fingerprint density at radius 3 is 2.62 bits per heavy atom. The normalized spacial score (nSPS) is 32.1. The van der Waals surface area contributed by atoms with Crippen molar-refractivity contribution in [3.05, 3.63) is 0 Å². The van der Waals surface area contributed by atoms with Gasteiger partial charge in [-0.1, -0.05) is 13.8 Å². The van der Waals surface area contributed by atoms with Crippen molar-refractivity contribution >= 4 is 0 Å². The molecule has 0 spiro atoms. The van der Waals surface area contributed by atoms with E-state index in [9.17, 15) is 0 Å². The van der Waals surface area contributed by atoms with Gasteiger partial charge in [0.15, 0.2) is 0 Å². The van der Waals surface area contributed by atoms with Gasteiger partial charge in [0, 0.05) is 26.6 Å². The summed E-state index contributed by atoms with van der Waals surface area (Å²) in [6.45, 7) is 12.7. The van der Waals surface area contributed by atoms with Crippen LogP contribution < -0.4 is 5.32 Å². The highest BCUT2D eigenvalue weighted by atomic mass is 16.5. The third-order valence-corrected chi connectivity index (χ3v) is 3.78. The molecule has 0 saturated carbocycles. The molecule has 0 aliphatic carbocycles. The minimum absolute atomic E-state index is 0.0489. The molecule has 0 aromatic carbocycles. The Bertz CT molecular complexity index is 228. The maximum atomic E-state index is 6.23. The second-order valence-corrected chi connectivity index (χ2v) is 6.01. The zero-order valence-corrected chi connectivity index (χ0v) is 11.6. The molecule has 2 atom stereocenters. The average Bonchev–Trinajstić information content (AvgIpc) is 2.17. The fraction of sp³-hybridized carbons (Fsp3) is 1.00. The van der Waals surface area contributed by atoms with Crippen LogP contribution in [0, 0.1) is 5.92 Å². The Morgan fingerprint density at radius 2 is 2.12 bits per heavy atom. The molecule has 3 nitrogen and oxygen atoms in total. The third kappa shape index (κ3) is 3.44. The number of hydrogen-bond acceptors (Lipinski definition) is 3. The maximum absolute atomic E-state index is 6.23. The minimum atomic E-state index is -0.110. The molecule has 0 bridgehead atoms. The van der Waals surface area contributed by atoms with Gasteiger partial charge < -0.3 is 14.8 Å². The highest BCUT2D eigenvalue weighted by Crippen LogP contribution is 2.28. The third-order valence-electron chi connectivity index (χ3n) is 3.78. The lowest BCUT2D eigenvalue weighted by atomic mass is 9.89. The van der Waals surface area contributed by atoms with Gasteiger partial charge in [0.2, 0.25) is 0 Å². The summed E-state index contributed by atoms with van der Waals surface area (Å²) in [5.41, 5.74) is -0.158. The van der Waals surface area contributed by atoms with Gasteiger partial charge in [-0.3, -0.25) is 0 Å². The number of ether oxygens (including phenoxy) is 2. The SMILES string of the molecule is COC(C)(C)CC1CNCC(C)(C(C)C)O1. The van der Waals surface area contributed by atoms with Gasteiger partial charge in [0.25, 0.3) is 0 Å². The lowest BCUT2D eigenvalue weighted by molar-refractivity contribution is -0.150. The largest absolute Gasteiger partial charge is 0.379 e. The Hall–Kier alpha value is -0.120. The summed E-state index contributed by atoms with van der Waals surface area (Å²) in [6, 6.07) is 0. The fourth-order valence-corrected chi connectivity index (χ4v) is 2.03. The van der Waals surface area contributed by atoms with Crippen LogP contribution in [0.4, 0.5) is 0 Å². The summed E-state index contributed by atoms with van der Waals surface area (Å²) < 4.78 is 11.7. The van der Waals surface area contributed by atoms with Crippen molar-refractivity contribution in [3.8, 4) is 0 Å². The van der Waals surface area contributed by atoms with Gasteiger partial charge >= 0.3 is 0 Å². The van der Waals surface area contributed by atoms with E-state index in [2.05, 4.69) is 39.9 Å². The molecule has 0 radical (unpaired) electrons. The molecule has 1 rings (SSSR count). The Labute approximate surface area is 99.9 Å². The lowest BCUT2D eigenvalue weighted by Gasteiger charge is -2.43. The van der Waals surface area contributed by atoms with Crippen LogP contribution in [0.2, 0.25) is 0 Å². The van der Waals surface area contributed by atoms with Crippen LogP contribution >= 0.6 is 0 Å². The summed E-state index contributed by atoms with van der Waals surface area (Å²) in [4.78, 5) is 0. The number of nitrogens with one attached hydrogen (secondary N) is 1. The molecule has 1 heterocycles. The van der Waals surface area contributed by atoms with Crippen LogP contribution in [0.5, 0.6) is 0 Å². The highest BCUT2D eigenvalue weighted by molar-refractivity contribution is 4.89. The molecule has 2 unspecified atom stereocenters. The first-order chi connectivity index (χ1) is 7.29. The van der Waals surface area contributed by atoms with Crippen LogP contribution in [0.15, 0.2) is 0 Å². The number of rotatable bonds is 4. The van der Waals surface area contributed by atoms with Crippen LogP contribution in [-0.4, -0.2) is 37.5 Å². The van der Waals surface area contributed by atoms with Gasteiger partial charge in [0.1, 0.15) is 0 Å². The Morgan fingerprint density at radius 1 is 1.50 bits per heavy atom. The van der Waals surface area contributed by atoms with Crippen molar-refractivity contribution in [1.82, 2.24) is 5.32 Å². The molecule has 96 valence electrons. The number of hydrogen-bond donors (Lipinski definition) is 1. The Kier molecular flexibility index (Phi) is 4.38. The summed E-state index contributed by atoms with van der Waals surface area (Å²) in [6.07, 6.45) is 1.18. The van der Waals surface area contributed by atoms with Crippen LogP contribution in [0.1, 0.15) is 41.0 Å². The van der Waals surface area contributed by atoms with E-state index in [4.69, 9.17) is 9.47 Å². The first kappa shape index (κ1) is 13.9. The molecule has 0 amide bonds. The molecule has 1 fully saturated rings. The monoisotopic (exact) mass is 229 g/mol. The summed E-state index contributed by atoms with van der Waals surface area (Å²) in [5, 5.41) is 3.47. The average molecular weight is 229 g/mol. The van der Waals surface area contributed by atoms with E-state index in [0.29, 0.717) is 5.92 Å². The molecule has 1 saturated heterocycles. The van der Waals surface area contributed by atoms with E-state index in [1.807, 2.05) is 0 Å². The summed E-state index contributed by atoms with van der Waals surface area (Å²) in [7, 11) is 1.76. The van der Waals surface area contributed by atoms with Crippen molar-refractivity contribution in [1.29, 1.82) is 0 Å². The number of morpholine rings is 1. The maximum Gasteiger partial charge on any atom is 0.0805 e. The van der Waals surface area contributed by atoms with Gasteiger partial charge in [0.05, 0.1) is 17.3 Å². The fourth-order valence-electron chi connectivity index (χ4n) is 2.03. The summed E-state index contributed by atoms with van der Waals surface area (Å²) in [5.74, 6) is 0.522. The van der Waals surface area contributed by atoms with E-state index in [1.165, 1.54) is 0 Å². The lowest BCUT2D eigenvalue weighted by Crippen LogP contribution is -2.56. The molecular weight excluding hydrogens is 202 g/mol. The van der Waals surface area contributed by atoms with E-state index in [0.717, 1.165) is 19.5 Å². The summed E-state index contributed by atoms with van der Waals surface area (Å²) >= 11 is 0. The molecule has 0 aromatic heterocycles. The van der Waals surface area contributed by atoms with Gasteiger partial charge in [-0.25, -0.2) is 0 Å². The predicted octanol–water partition coefficient (Wildman–Crippen LogP) is 2.20. The van der Waals surface area contributed by atoms with Crippen molar-refractivity contribution in [2.75, 3.05) is 20.2 Å². The highest BCUT2D eigenvalue weighted by Gasteiger charge is 2.37. The quantitative estimate of drug-likeness (QED) is 0.801.